The Morgan fingerprint density at radius 3 is 2.38 bits per heavy atom. The Bertz CT molecular complexity index is 785. The molecule has 182 valence electrons. The van der Waals surface area contributed by atoms with Gasteiger partial charge in [-0.05, 0) is 105 Å². The molecule has 4 aliphatic carbocycles. The molecule has 4 aliphatic rings. The van der Waals surface area contributed by atoms with Crippen LogP contribution in [0.5, 0.6) is 0 Å². The van der Waals surface area contributed by atoms with Gasteiger partial charge in [-0.1, -0.05) is 65.3 Å². The fraction of sp³-hybridized carbons (Fsp3) is 0.867. The number of fused-ring (bicyclic) bond motifs is 5. The quantitative estimate of drug-likeness (QED) is 0.448. The standard InChI is InChI=1S/C30H50O2/c1-20(10-9-16-26(2,3)32)21-15-17-30(8)24-13-11-22-23(12-14-25(31)27(22,4)5)28(24,6)18-19-29(21,30)7/h9,11,16,20-21,23-25,31-32H,10,12-15,17-19H2,1-8H3. The molecule has 0 amide bonds. The molecular formula is C30H50O2. The molecule has 8 unspecified atom stereocenters. The van der Waals surface area contributed by atoms with Gasteiger partial charge in [0.25, 0.3) is 0 Å². The molecule has 32 heavy (non-hydrogen) atoms. The molecule has 2 nitrogen and oxygen atoms in total. The van der Waals surface area contributed by atoms with Crippen LogP contribution in [0.4, 0.5) is 0 Å². The van der Waals surface area contributed by atoms with Crippen LogP contribution in [0.15, 0.2) is 23.8 Å². The van der Waals surface area contributed by atoms with E-state index < -0.39 is 5.60 Å². The van der Waals surface area contributed by atoms with Gasteiger partial charge in [-0.3, -0.25) is 0 Å². The maximum Gasteiger partial charge on any atom is 0.0771 e. The molecule has 0 spiro atoms. The molecule has 2 N–H and O–H groups in total. The van der Waals surface area contributed by atoms with Crippen molar-refractivity contribution in [3.63, 3.8) is 0 Å². The third-order valence-electron chi connectivity index (χ3n) is 11.6. The SMILES string of the molecule is CC(CC=CC(C)(C)O)C1CCC2(C)C3CC=C4C(CCC(O)C4(C)C)C3(C)CCC12C. The summed E-state index contributed by atoms with van der Waals surface area (Å²) in [5, 5.41) is 20.8. The molecule has 3 fully saturated rings. The number of hydrogen-bond acceptors (Lipinski definition) is 2. The predicted molar refractivity (Wildman–Crippen MR) is 134 cm³/mol. The van der Waals surface area contributed by atoms with Crippen molar-refractivity contribution in [3.05, 3.63) is 23.8 Å². The highest BCUT2D eigenvalue weighted by Gasteiger charge is 2.67. The van der Waals surface area contributed by atoms with Gasteiger partial charge in [0.2, 0.25) is 0 Å². The number of hydrogen-bond donors (Lipinski definition) is 2. The van der Waals surface area contributed by atoms with Crippen LogP contribution < -0.4 is 0 Å². The van der Waals surface area contributed by atoms with E-state index >= 15 is 0 Å². The van der Waals surface area contributed by atoms with Gasteiger partial charge >= 0.3 is 0 Å². The summed E-state index contributed by atoms with van der Waals surface area (Å²) in [6.07, 6.45) is 16.4. The number of aliphatic hydroxyl groups excluding tert-OH is 1. The van der Waals surface area contributed by atoms with Crippen LogP contribution in [-0.4, -0.2) is 21.9 Å². The van der Waals surface area contributed by atoms with Gasteiger partial charge in [-0.2, -0.15) is 0 Å². The normalized spacial score (nSPS) is 46.9. The van der Waals surface area contributed by atoms with Crippen LogP contribution in [0, 0.1) is 45.3 Å². The number of aliphatic hydroxyl groups is 2. The van der Waals surface area contributed by atoms with Crippen molar-refractivity contribution in [2.75, 3.05) is 0 Å². The van der Waals surface area contributed by atoms with E-state index in [1.165, 1.54) is 32.1 Å². The zero-order valence-electron chi connectivity index (χ0n) is 22.2. The summed E-state index contributed by atoms with van der Waals surface area (Å²) in [5.74, 6) is 2.81. The molecule has 0 heterocycles. The Balaban J connectivity index is 1.62. The van der Waals surface area contributed by atoms with Gasteiger partial charge in [0.05, 0.1) is 11.7 Å². The first kappa shape index (κ1) is 24.5. The Hall–Kier alpha value is -0.600. The van der Waals surface area contributed by atoms with E-state index in [-0.39, 0.29) is 11.5 Å². The molecule has 0 aromatic heterocycles. The second-order valence-electron chi connectivity index (χ2n) is 14.1. The molecular weight excluding hydrogens is 392 g/mol. The summed E-state index contributed by atoms with van der Waals surface area (Å²) < 4.78 is 0. The molecule has 8 atom stereocenters. The second kappa shape index (κ2) is 7.70. The fourth-order valence-electron chi connectivity index (χ4n) is 9.37. The minimum Gasteiger partial charge on any atom is -0.392 e. The van der Waals surface area contributed by atoms with E-state index in [1.54, 1.807) is 5.57 Å². The highest BCUT2D eigenvalue weighted by molar-refractivity contribution is 5.30. The first-order valence-corrected chi connectivity index (χ1v) is 13.5. The van der Waals surface area contributed by atoms with Crippen LogP contribution in [0.3, 0.4) is 0 Å². The lowest BCUT2D eigenvalue weighted by atomic mass is 9.39. The smallest absolute Gasteiger partial charge is 0.0771 e. The molecule has 0 aromatic carbocycles. The Morgan fingerprint density at radius 1 is 1.03 bits per heavy atom. The van der Waals surface area contributed by atoms with E-state index in [2.05, 4.69) is 53.7 Å². The van der Waals surface area contributed by atoms with E-state index in [1.807, 2.05) is 19.9 Å². The highest BCUT2D eigenvalue weighted by Crippen LogP contribution is 2.74. The van der Waals surface area contributed by atoms with Crippen molar-refractivity contribution < 1.29 is 10.2 Å². The van der Waals surface area contributed by atoms with Gasteiger partial charge < -0.3 is 10.2 Å². The third-order valence-corrected chi connectivity index (χ3v) is 11.6. The van der Waals surface area contributed by atoms with Crippen LogP contribution in [0.1, 0.15) is 107 Å². The van der Waals surface area contributed by atoms with Gasteiger partial charge in [0.15, 0.2) is 0 Å². The first-order valence-electron chi connectivity index (χ1n) is 13.5. The van der Waals surface area contributed by atoms with Crippen molar-refractivity contribution in [1.29, 1.82) is 0 Å². The van der Waals surface area contributed by atoms with Crippen molar-refractivity contribution >= 4 is 0 Å². The van der Waals surface area contributed by atoms with Crippen LogP contribution in [0.2, 0.25) is 0 Å². The lowest BCUT2D eigenvalue weighted by Crippen LogP contribution is -2.59. The van der Waals surface area contributed by atoms with Crippen molar-refractivity contribution in [2.45, 2.75) is 118 Å². The van der Waals surface area contributed by atoms with Crippen molar-refractivity contribution in [2.24, 2.45) is 45.3 Å². The Labute approximate surface area is 198 Å². The van der Waals surface area contributed by atoms with E-state index in [9.17, 15) is 10.2 Å². The van der Waals surface area contributed by atoms with Gasteiger partial charge in [-0.15, -0.1) is 0 Å². The summed E-state index contributed by atoms with van der Waals surface area (Å²) in [6, 6.07) is 0. The molecule has 0 bridgehead atoms. The maximum absolute atomic E-state index is 10.8. The molecule has 4 rings (SSSR count). The van der Waals surface area contributed by atoms with Gasteiger partial charge in [0.1, 0.15) is 0 Å². The van der Waals surface area contributed by atoms with Gasteiger partial charge in [-0.25, -0.2) is 0 Å². The third kappa shape index (κ3) is 3.49. The Kier molecular flexibility index (Phi) is 5.90. The minimum absolute atomic E-state index is 0.0713. The average Bonchev–Trinajstić information content (AvgIpc) is 2.95. The van der Waals surface area contributed by atoms with Crippen molar-refractivity contribution in [3.8, 4) is 0 Å². The molecule has 0 aliphatic heterocycles. The lowest BCUT2D eigenvalue weighted by Gasteiger charge is -2.66. The average molecular weight is 443 g/mol. The van der Waals surface area contributed by atoms with Gasteiger partial charge in [0, 0.05) is 5.41 Å². The molecule has 0 aromatic rings. The summed E-state index contributed by atoms with van der Waals surface area (Å²) in [6.45, 7) is 18.6. The van der Waals surface area contributed by atoms with Crippen molar-refractivity contribution in [1.82, 2.24) is 0 Å². The summed E-state index contributed by atoms with van der Waals surface area (Å²) in [4.78, 5) is 0. The number of rotatable bonds is 4. The summed E-state index contributed by atoms with van der Waals surface area (Å²) >= 11 is 0. The lowest BCUT2D eigenvalue weighted by molar-refractivity contribution is -0.145. The second-order valence-corrected chi connectivity index (χ2v) is 14.1. The van der Waals surface area contributed by atoms with Crippen LogP contribution in [-0.2, 0) is 0 Å². The largest absolute Gasteiger partial charge is 0.392 e. The van der Waals surface area contributed by atoms with E-state index in [0.717, 1.165) is 31.1 Å². The highest BCUT2D eigenvalue weighted by atomic mass is 16.3. The zero-order chi connectivity index (χ0) is 23.7. The van der Waals surface area contributed by atoms with E-state index in [4.69, 9.17) is 0 Å². The van der Waals surface area contributed by atoms with Crippen LogP contribution >= 0.6 is 0 Å². The predicted octanol–water partition coefficient (Wildman–Crippen LogP) is 7.31. The topological polar surface area (TPSA) is 40.5 Å². The zero-order valence-corrected chi connectivity index (χ0v) is 22.2. The molecule has 0 radical (unpaired) electrons. The fourth-order valence-corrected chi connectivity index (χ4v) is 9.37. The molecule has 2 heteroatoms. The maximum atomic E-state index is 10.8. The number of allylic oxidation sites excluding steroid dienone is 2. The summed E-state index contributed by atoms with van der Waals surface area (Å²) in [5.41, 5.74) is 1.94. The monoisotopic (exact) mass is 442 g/mol. The minimum atomic E-state index is -0.714. The van der Waals surface area contributed by atoms with Crippen LogP contribution in [0.25, 0.3) is 0 Å². The molecule has 3 saturated carbocycles. The molecule has 0 saturated heterocycles. The van der Waals surface area contributed by atoms with E-state index in [0.29, 0.717) is 28.1 Å². The Morgan fingerprint density at radius 2 is 1.72 bits per heavy atom. The summed E-state index contributed by atoms with van der Waals surface area (Å²) in [7, 11) is 0. The first-order chi connectivity index (χ1) is 14.7.